The van der Waals surface area contributed by atoms with Gasteiger partial charge in [0, 0.05) is 21.9 Å². The topological polar surface area (TPSA) is 43.1 Å². The van der Waals surface area contributed by atoms with E-state index < -0.39 is 4.92 Å². The van der Waals surface area contributed by atoms with Crippen LogP contribution >= 0.6 is 28.6 Å². The third-order valence-corrected chi connectivity index (χ3v) is 2.29. The number of alkyl halides is 1. The smallest absolute Gasteiger partial charge is 0.258 e. The van der Waals surface area contributed by atoms with E-state index in [9.17, 15) is 10.1 Å². The molecule has 0 spiro atoms. The quantitative estimate of drug-likeness (QED) is 0.378. The summed E-state index contributed by atoms with van der Waals surface area (Å²) in [4.78, 5) is 10.7. The Morgan fingerprint density at radius 1 is 1.58 bits per heavy atom. The average Bonchev–Trinajstić information content (AvgIpc) is 2.04. The molecule has 0 atom stereocenters. The fourth-order valence-electron chi connectivity index (χ4n) is 0.835. The van der Waals surface area contributed by atoms with Crippen molar-refractivity contribution in [2.24, 2.45) is 0 Å². The summed E-state index contributed by atoms with van der Waals surface area (Å²) < 4.78 is 0. The summed E-state index contributed by atoms with van der Waals surface area (Å²) in [5, 5.41) is 11.0. The highest BCUT2D eigenvalue weighted by atomic mass is 79.9. The zero-order valence-corrected chi connectivity index (χ0v) is 8.51. The number of rotatable bonds is 2. The minimum Gasteiger partial charge on any atom is -0.258 e. The summed E-state index contributed by atoms with van der Waals surface area (Å²) >= 11 is 7.19. The standard InChI is InChI=1S/C7H6BrNO2S/c8-4-5-1-2-6(12)3-7(5)9(10)11/h1-3,12H,4H2. The number of hydrogen-bond acceptors (Lipinski definition) is 3. The van der Waals surface area contributed by atoms with Crippen LogP contribution in [0.2, 0.25) is 0 Å². The molecule has 0 N–H and O–H groups in total. The molecule has 0 saturated heterocycles. The van der Waals surface area contributed by atoms with Crippen molar-refractivity contribution in [2.75, 3.05) is 0 Å². The molecule has 3 nitrogen and oxygen atoms in total. The summed E-state index contributed by atoms with van der Waals surface area (Å²) in [5.74, 6) is 0. The molecule has 64 valence electrons. The van der Waals surface area contributed by atoms with E-state index in [1.165, 1.54) is 6.07 Å². The van der Waals surface area contributed by atoms with E-state index in [1.807, 2.05) is 0 Å². The Bertz CT molecular complexity index is 316. The summed E-state index contributed by atoms with van der Waals surface area (Å²) in [6.45, 7) is 0. The van der Waals surface area contributed by atoms with Crippen LogP contribution in [0.5, 0.6) is 0 Å². The first-order chi connectivity index (χ1) is 5.65. The van der Waals surface area contributed by atoms with Crippen LogP contribution in [-0.4, -0.2) is 4.92 Å². The minimum atomic E-state index is -0.406. The fourth-order valence-corrected chi connectivity index (χ4v) is 1.51. The van der Waals surface area contributed by atoms with Crippen molar-refractivity contribution >= 4 is 34.2 Å². The van der Waals surface area contributed by atoms with Crippen LogP contribution in [0.15, 0.2) is 23.1 Å². The number of thiol groups is 1. The van der Waals surface area contributed by atoms with Gasteiger partial charge >= 0.3 is 0 Å². The second kappa shape index (κ2) is 3.91. The minimum absolute atomic E-state index is 0.111. The number of nitrogens with zero attached hydrogens (tertiary/aromatic N) is 1. The lowest BCUT2D eigenvalue weighted by Crippen LogP contribution is -1.92. The van der Waals surface area contributed by atoms with Crippen LogP contribution in [0.4, 0.5) is 5.69 Å². The van der Waals surface area contributed by atoms with Crippen molar-refractivity contribution in [3.63, 3.8) is 0 Å². The van der Waals surface area contributed by atoms with Crippen LogP contribution in [-0.2, 0) is 5.33 Å². The molecular formula is C7H6BrNO2S. The Morgan fingerprint density at radius 2 is 2.25 bits per heavy atom. The van der Waals surface area contributed by atoms with Crippen LogP contribution in [0.3, 0.4) is 0 Å². The summed E-state index contributed by atoms with van der Waals surface area (Å²) in [5.41, 5.74) is 0.775. The Hall–Kier alpha value is -0.550. The lowest BCUT2D eigenvalue weighted by Gasteiger charge is -1.98. The predicted molar refractivity (Wildman–Crippen MR) is 53.0 cm³/mol. The summed E-state index contributed by atoms with van der Waals surface area (Å²) in [6.07, 6.45) is 0. The first-order valence-electron chi connectivity index (χ1n) is 3.17. The van der Waals surface area contributed by atoms with Crippen molar-refractivity contribution < 1.29 is 4.92 Å². The van der Waals surface area contributed by atoms with E-state index in [-0.39, 0.29) is 5.69 Å². The van der Waals surface area contributed by atoms with E-state index >= 15 is 0 Å². The molecule has 0 aliphatic heterocycles. The fraction of sp³-hybridized carbons (Fsp3) is 0.143. The molecule has 1 rings (SSSR count). The van der Waals surface area contributed by atoms with Gasteiger partial charge in [0.15, 0.2) is 0 Å². The molecule has 5 heteroatoms. The third-order valence-electron chi connectivity index (χ3n) is 1.41. The normalized spacial score (nSPS) is 9.83. The van der Waals surface area contributed by atoms with Gasteiger partial charge in [0.2, 0.25) is 0 Å². The third kappa shape index (κ3) is 1.98. The molecule has 1 aromatic carbocycles. The molecule has 0 radical (unpaired) electrons. The highest BCUT2D eigenvalue weighted by Crippen LogP contribution is 2.23. The first-order valence-corrected chi connectivity index (χ1v) is 4.74. The largest absolute Gasteiger partial charge is 0.274 e. The molecule has 0 aliphatic rings. The zero-order chi connectivity index (χ0) is 9.14. The van der Waals surface area contributed by atoms with Gasteiger partial charge in [0.05, 0.1) is 4.92 Å². The lowest BCUT2D eigenvalue weighted by atomic mass is 10.2. The Balaban J connectivity index is 3.21. The Kier molecular flexibility index (Phi) is 3.11. The SMILES string of the molecule is O=[N+]([O-])c1cc(S)ccc1CBr. The van der Waals surface area contributed by atoms with Crippen LogP contribution in [0.1, 0.15) is 5.56 Å². The highest BCUT2D eigenvalue weighted by molar-refractivity contribution is 9.08. The van der Waals surface area contributed by atoms with Gasteiger partial charge < -0.3 is 0 Å². The van der Waals surface area contributed by atoms with Gasteiger partial charge in [-0.1, -0.05) is 22.0 Å². The van der Waals surface area contributed by atoms with Crippen LogP contribution in [0, 0.1) is 10.1 Å². The number of nitro benzene ring substituents is 1. The van der Waals surface area contributed by atoms with Crippen LogP contribution in [0.25, 0.3) is 0 Å². The van der Waals surface area contributed by atoms with Crippen molar-refractivity contribution in [2.45, 2.75) is 10.2 Å². The summed E-state index contributed by atoms with van der Waals surface area (Å²) in [7, 11) is 0. The van der Waals surface area contributed by atoms with Gasteiger partial charge in [-0.15, -0.1) is 12.6 Å². The first kappa shape index (κ1) is 9.54. The molecule has 0 aliphatic carbocycles. The number of hydrogen-bond donors (Lipinski definition) is 1. The maximum absolute atomic E-state index is 10.5. The molecule has 0 fully saturated rings. The van der Waals surface area contributed by atoms with E-state index in [0.29, 0.717) is 15.8 Å². The maximum Gasteiger partial charge on any atom is 0.274 e. The zero-order valence-electron chi connectivity index (χ0n) is 6.03. The monoisotopic (exact) mass is 247 g/mol. The number of halogens is 1. The molecule has 0 bridgehead atoms. The number of nitro groups is 1. The Morgan fingerprint density at radius 3 is 2.75 bits per heavy atom. The van der Waals surface area contributed by atoms with Gasteiger partial charge in [-0.2, -0.15) is 0 Å². The molecule has 0 amide bonds. The molecule has 0 heterocycles. The van der Waals surface area contributed by atoms with E-state index in [2.05, 4.69) is 28.6 Å². The lowest BCUT2D eigenvalue weighted by molar-refractivity contribution is -0.385. The second-order valence-electron chi connectivity index (χ2n) is 2.20. The highest BCUT2D eigenvalue weighted by Gasteiger charge is 2.11. The average molecular weight is 248 g/mol. The van der Waals surface area contributed by atoms with Crippen molar-refractivity contribution in [1.29, 1.82) is 0 Å². The molecule has 1 aromatic rings. The van der Waals surface area contributed by atoms with Gasteiger partial charge in [-0.3, -0.25) is 10.1 Å². The van der Waals surface area contributed by atoms with Crippen molar-refractivity contribution in [3.05, 3.63) is 33.9 Å². The maximum atomic E-state index is 10.5. The van der Waals surface area contributed by atoms with E-state index in [0.717, 1.165) is 0 Å². The van der Waals surface area contributed by atoms with E-state index in [1.54, 1.807) is 12.1 Å². The van der Waals surface area contributed by atoms with Crippen molar-refractivity contribution in [1.82, 2.24) is 0 Å². The molecule has 0 saturated carbocycles. The molecular weight excluding hydrogens is 242 g/mol. The van der Waals surface area contributed by atoms with E-state index in [4.69, 9.17) is 0 Å². The van der Waals surface area contributed by atoms with Gasteiger partial charge in [-0.05, 0) is 6.07 Å². The van der Waals surface area contributed by atoms with Gasteiger partial charge in [-0.25, -0.2) is 0 Å². The second-order valence-corrected chi connectivity index (χ2v) is 3.28. The van der Waals surface area contributed by atoms with Crippen LogP contribution < -0.4 is 0 Å². The predicted octanol–water partition coefficient (Wildman–Crippen LogP) is 2.78. The summed E-state index contributed by atoms with van der Waals surface area (Å²) in [6, 6.07) is 4.86. The molecule has 0 aromatic heterocycles. The number of benzene rings is 1. The van der Waals surface area contributed by atoms with Gasteiger partial charge in [0.1, 0.15) is 0 Å². The molecule has 12 heavy (non-hydrogen) atoms. The van der Waals surface area contributed by atoms with Crippen molar-refractivity contribution in [3.8, 4) is 0 Å². The van der Waals surface area contributed by atoms with Gasteiger partial charge in [0.25, 0.3) is 5.69 Å². The Labute approximate surface area is 83.5 Å². The molecule has 0 unspecified atom stereocenters.